The average molecular weight is 280 g/mol. The van der Waals surface area contributed by atoms with E-state index in [0.717, 1.165) is 17.7 Å². The van der Waals surface area contributed by atoms with Crippen LogP contribution in [0.3, 0.4) is 0 Å². The van der Waals surface area contributed by atoms with Crippen LogP contribution in [0, 0.1) is 5.92 Å². The van der Waals surface area contributed by atoms with Crippen LogP contribution < -0.4 is 15.8 Å². The fourth-order valence-corrected chi connectivity index (χ4v) is 2.03. The van der Waals surface area contributed by atoms with Crippen molar-refractivity contribution in [2.75, 3.05) is 13.7 Å². The summed E-state index contributed by atoms with van der Waals surface area (Å²) in [5.74, 6) is 0.363. The zero-order valence-corrected chi connectivity index (χ0v) is 12.1. The van der Waals surface area contributed by atoms with Gasteiger partial charge in [0.25, 0.3) is 0 Å². The van der Waals surface area contributed by atoms with Gasteiger partial charge in [-0.05, 0) is 30.5 Å². The number of benzene rings is 1. The van der Waals surface area contributed by atoms with Crippen molar-refractivity contribution < 1.29 is 9.53 Å². The van der Waals surface area contributed by atoms with Gasteiger partial charge in [0.05, 0.1) is 18.0 Å². The van der Waals surface area contributed by atoms with E-state index in [4.69, 9.17) is 22.7 Å². The Morgan fingerprint density at radius 2 is 2.05 bits per heavy atom. The van der Waals surface area contributed by atoms with Gasteiger partial charge in [-0.3, -0.25) is 4.79 Å². The Morgan fingerprint density at radius 3 is 2.53 bits per heavy atom. The van der Waals surface area contributed by atoms with Crippen molar-refractivity contribution in [3.8, 4) is 5.75 Å². The van der Waals surface area contributed by atoms with Gasteiger partial charge in [0.15, 0.2) is 0 Å². The molecule has 1 aromatic rings. The normalized spacial score (nSPS) is 11.7. The number of carbonyl (C=O) groups is 1. The summed E-state index contributed by atoms with van der Waals surface area (Å²) < 4.78 is 5.09. The van der Waals surface area contributed by atoms with Crippen molar-refractivity contribution in [2.24, 2.45) is 11.7 Å². The molecule has 0 aliphatic carbocycles. The molecular formula is C14H20N2O2S. The van der Waals surface area contributed by atoms with Crippen molar-refractivity contribution in [3.05, 3.63) is 29.8 Å². The lowest BCUT2D eigenvalue weighted by Gasteiger charge is -2.13. The van der Waals surface area contributed by atoms with E-state index >= 15 is 0 Å². The topological polar surface area (TPSA) is 64.3 Å². The van der Waals surface area contributed by atoms with Gasteiger partial charge in [-0.2, -0.15) is 0 Å². The predicted octanol–water partition coefficient (Wildman–Crippen LogP) is 1.67. The van der Waals surface area contributed by atoms with Gasteiger partial charge in [0.1, 0.15) is 5.75 Å². The van der Waals surface area contributed by atoms with Crippen LogP contribution in [-0.4, -0.2) is 24.6 Å². The fourth-order valence-electron chi connectivity index (χ4n) is 1.76. The maximum atomic E-state index is 11.8. The van der Waals surface area contributed by atoms with Gasteiger partial charge in [-0.1, -0.05) is 31.3 Å². The molecule has 0 aliphatic heterocycles. The molecule has 19 heavy (non-hydrogen) atoms. The van der Waals surface area contributed by atoms with Crippen molar-refractivity contribution in [1.29, 1.82) is 0 Å². The summed E-state index contributed by atoms with van der Waals surface area (Å²) in [7, 11) is 1.63. The first-order valence-electron chi connectivity index (χ1n) is 6.28. The van der Waals surface area contributed by atoms with Crippen LogP contribution in [0.1, 0.15) is 18.9 Å². The van der Waals surface area contributed by atoms with Crippen LogP contribution in [0.15, 0.2) is 24.3 Å². The molecule has 1 atom stereocenters. The number of hydrogen-bond acceptors (Lipinski definition) is 3. The molecule has 0 bridgehead atoms. The minimum Gasteiger partial charge on any atom is -0.497 e. The Morgan fingerprint density at radius 1 is 1.42 bits per heavy atom. The van der Waals surface area contributed by atoms with Crippen LogP contribution >= 0.6 is 12.2 Å². The first-order valence-corrected chi connectivity index (χ1v) is 6.69. The molecule has 5 heteroatoms. The molecule has 1 rings (SSSR count). The molecule has 0 heterocycles. The molecule has 3 N–H and O–H groups in total. The summed E-state index contributed by atoms with van der Waals surface area (Å²) in [6.45, 7) is 2.47. The fraction of sp³-hybridized carbons (Fsp3) is 0.429. The second-order valence-corrected chi connectivity index (χ2v) is 4.72. The quantitative estimate of drug-likeness (QED) is 0.746. The zero-order chi connectivity index (χ0) is 14.3. The summed E-state index contributed by atoms with van der Waals surface area (Å²) in [6.07, 6.45) is 1.40. The number of carbonyl (C=O) groups excluding carboxylic acids is 1. The molecule has 0 aromatic heterocycles. The SMILES string of the molecule is CCC(C(=O)NCCc1ccc(OC)cc1)C(N)=S. The summed E-state index contributed by atoms with van der Waals surface area (Å²) in [5, 5.41) is 2.85. The molecule has 1 amide bonds. The van der Waals surface area contributed by atoms with E-state index in [-0.39, 0.29) is 16.8 Å². The lowest BCUT2D eigenvalue weighted by Crippen LogP contribution is -2.38. The van der Waals surface area contributed by atoms with E-state index in [1.165, 1.54) is 0 Å². The molecule has 1 aromatic carbocycles. The second kappa shape index (κ2) is 7.74. The number of ether oxygens (including phenoxy) is 1. The Kier molecular flexibility index (Phi) is 6.29. The Bertz CT molecular complexity index is 432. The Hall–Kier alpha value is -1.62. The summed E-state index contributed by atoms with van der Waals surface area (Å²) in [4.78, 5) is 12.1. The first-order chi connectivity index (χ1) is 9.08. The lowest BCUT2D eigenvalue weighted by molar-refractivity contribution is -0.123. The molecule has 0 saturated carbocycles. The molecule has 0 radical (unpaired) electrons. The third kappa shape index (κ3) is 4.87. The highest BCUT2D eigenvalue weighted by Gasteiger charge is 2.18. The summed E-state index contributed by atoms with van der Waals surface area (Å²) >= 11 is 4.87. The van der Waals surface area contributed by atoms with Crippen LogP contribution in [0.25, 0.3) is 0 Å². The van der Waals surface area contributed by atoms with E-state index in [2.05, 4.69) is 5.32 Å². The minimum absolute atomic E-state index is 0.0940. The van der Waals surface area contributed by atoms with Gasteiger partial charge >= 0.3 is 0 Å². The second-order valence-electron chi connectivity index (χ2n) is 4.25. The van der Waals surface area contributed by atoms with E-state index in [1.54, 1.807) is 7.11 Å². The molecule has 4 nitrogen and oxygen atoms in total. The minimum atomic E-state index is -0.370. The van der Waals surface area contributed by atoms with Crippen LogP contribution in [0.2, 0.25) is 0 Å². The maximum Gasteiger partial charge on any atom is 0.229 e. The van der Waals surface area contributed by atoms with Gasteiger partial charge in [0.2, 0.25) is 5.91 Å². The van der Waals surface area contributed by atoms with Crippen molar-refractivity contribution in [1.82, 2.24) is 5.32 Å². The average Bonchev–Trinajstić information content (AvgIpc) is 2.40. The van der Waals surface area contributed by atoms with Crippen molar-refractivity contribution >= 4 is 23.1 Å². The highest BCUT2D eigenvalue weighted by molar-refractivity contribution is 7.80. The monoisotopic (exact) mass is 280 g/mol. The summed E-state index contributed by atoms with van der Waals surface area (Å²) in [6, 6.07) is 7.77. The standard InChI is InChI=1S/C14H20N2O2S/c1-3-12(13(15)19)14(17)16-9-8-10-4-6-11(18-2)7-5-10/h4-7,12H,3,8-9H2,1-2H3,(H2,15,19)(H,16,17). The number of nitrogens with two attached hydrogens (primary N) is 1. The van der Waals surface area contributed by atoms with E-state index in [9.17, 15) is 4.79 Å². The Balaban J connectivity index is 2.40. The number of nitrogens with one attached hydrogen (secondary N) is 1. The van der Waals surface area contributed by atoms with Gasteiger partial charge < -0.3 is 15.8 Å². The highest BCUT2D eigenvalue weighted by Crippen LogP contribution is 2.11. The van der Waals surface area contributed by atoms with Crippen LogP contribution in [-0.2, 0) is 11.2 Å². The number of amides is 1. The Labute approximate surface area is 119 Å². The predicted molar refractivity (Wildman–Crippen MR) is 80.3 cm³/mol. The van der Waals surface area contributed by atoms with Crippen molar-refractivity contribution in [2.45, 2.75) is 19.8 Å². The molecule has 0 fully saturated rings. The molecule has 0 spiro atoms. The number of methoxy groups -OCH3 is 1. The van der Waals surface area contributed by atoms with Gasteiger partial charge in [-0.25, -0.2) is 0 Å². The van der Waals surface area contributed by atoms with Crippen molar-refractivity contribution in [3.63, 3.8) is 0 Å². The zero-order valence-electron chi connectivity index (χ0n) is 11.3. The lowest BCUT2D eigenvalue weighted by atomic mass is 10.1. The van der Waals surface area contributed by atoms with Crippen LogP contribution in [0.5, 0.6) is 5.75 Å². The van der Waals surface area contributed by atoms with Gasteiger partial charge in [0, 0.05) is 6.54 Å². The number of rotatable bonds is 7. The van der Waals surface area contributed by atoms with E-state index in [0.29, 0.717) is 13.0 Å². The molecule has 0 aliphatic rings. The third-order valence-corrected chi connectivity index (χ3v) is 3.22. The van der Waals surface area contributed by atoms with Crippen LogP contribution in [0.4, 0.5) is 0 Å². The summed E-state index contributed by atoms with van der Waals surface area (Å²) in [5.41, 5.74) is 6.66. The maximum absolute atomic E-state index is 11.8. The third-order valence-electron chi connectivity index (χ3n) is 2.94. The van der Waals surface area contributed by atoms with E-state index in [1.807, 2.05) is 31.2 Å². The molecule has 1 unspecified atom stereocenters. The number of thiocarbonyl (C=S) groups is 1. The first kappa shape index (κ1) is 15.4. The molecular weight excluding hydrogens is 260 g/mol. The number of hydrogen-bond donors (Lipinski definition) is 2. The smallest absolute Gasteiger partial charge is 0.229 e. The highest BCUT2D eigenvalue weighted by atomic mass is 32.1. The molecule has 104 valence electrons. The van der Waals surface area contributed by atoms with E-state index < -0.39 is 0 Å². The van der Waals surface area contributed by atoms with Gasteiger partial charge in [-0.15, -0.1) is 0 Å². The molecule has 0 saturated heterocycles. The largest absolute Gasteiger partial charge is 0.497 e.